The van der Waals surface area contributed by atoms with Crippen LogP contribution in [0.4, 0.5) is 11.5 Å². The van der Waals surface area contributed by atoms with Crippen LogP contribution in [0.2, 0.25) is 0 Å². The first-order valence-electron chi connectivity index (χ1n) is 7.90. The monoisotopic (exact) mass is 335 g/mol. The minimum atomic E-state index is -0.126. The number of benzene rings is 1. The number of aromatic nitrogens is 3. The molecule has 1 unspecified atom stereocenters. The van der Waals surface area contributed by atoms with Crippen molar-refractivity contribution in [2.24, 2.45) is 0 Å². The van der Waals surface area contributed by atoms with Crippen LogP contribution in [0.25, 0.3) is 0 Å². The lowest BCUT2D eigenvalue weighted by atomic mass is 9.96. The molecule has 3 N–H and O–H groups in total. The van der Waals surface area contributed by atoms with Crippen LogP contribution in [0.1, 0.15) is 17.0 Å². The summed E-state index contributed by atoms with van der Waals surface area (Å²) >= 11 is 0. The molecule has 0 saturated carbocycles. The van der Waals surface area contributed by atoms with Crippen molar-refractivity contribution < 1.29 is 9.84 Å². The van der Waals surface area contributed by atoms with Crippen molar-refractivity contribution in [3.63, 3.8) is 0 Å². The van der Waals surface area contributed by atoms with Crippen molar-refractivity contribution in [3.05, 3.63) is 66.2 Å². The van der Waals surface area contributed by atoms with Crippen LogP contribution in [0, 0.1) is 0 Å². The normalized spacial score (nSPS) is 15.9. The van der Waals surface area contributed by atoms with Gasteiger partial charge < -0.3 is 20.5 Å². The molecule has 7 nitrogen and oxygen atoms in total. The fraction of sp³-hybridized carbons (Fsp3) is 0.167. The van der Waals surface area contributed by atoms with Crippen LogP contribution in [0.15, 0.2) is 55.1 Å². The number of pyridine rings is 1. The summed E-state index contributed by atoms with van der Waals surface area (Å²) in [5, 5.41) is 9.69. The molecule has 0 bridgehead atoms. The summed E-state index contributed by atoms with van der Waals surface area (Å²) in [5.74, 6) is 1.70. The lowest BCUT2D eigenvalue weighted by Crippen LogP contribution is -2.23. The smallest absolute Gasteiger partial charge is 0.228 e. The number of nitrogens with zero attached hydrogens (tertiary/aromatic N) is 4. The van der Waals surface area contributed by atoms with E-state index in [-0.39, 0.29) is 12.6 Å². The van der Waals surface area contributed by atoms with Gasteiger partial charge in [0.2, 0.25) is 5.88 Å². The molecule has 3 heterocycles. The van der Waals surface area contributed by atoms with E-state index in [4.69, 9.17) is 10.5 Å². The Labute approximate surface area is 144 Å². The maximum absolute atomic E-state index is 9.69. The molecule has 1 atom stereocenters. The Bertz CT molecular complexity index is 888. The second-order valence-electron chi connectivity index (χ2n) is 5.79. The van der Waals surface area contributed by atoms with Gasteiger partial charge in [0, 0.05) is 36.6 Å². The number of aliphatic hydroxyl groups is 1. The lowest BCUT2D eigenvalue weighted by molar-refractivity contribution is 0.292. The van der Waals surface area contributed by atoms with E-state index >= 15 is 0 Å². The zero-order valence-electron chi connectivity index (χ0n) is 13.4. The Morgan fingerprint density at radius 3 is 2.92 bits per heavy atom. The largest absolute Gasteiger partial charge is 0.438 e. The molecule has 3 aromatic rings. The molecule has 0 spiro atoms. The summed E-state index contributed by atoms with van der Waals surface area (Å²) in [4.78, 5) is 14.6. The molecule has 1 aliphatic heterocycles. The number of hydrogen-bond acceptors (Lipinski definition) is 7. The standard InChI is InChI=1S/C18H17N5O2/c19-13-4-1-5-14(7-13)25-18-16-15(12-3-2-6-20-8-12)9-23(11-24)17(16)21-10-22-18/h1-8,10,15,24H,9,11,19H2. The summed E-state index contributed by atoms with van der Waals surface area (Å²) in [6.07, 6.45) is 4.98. The van der Waals surface area contributed by atoms with Crippen LogP contribution in [0.5, 0.6) is 11.6 Å². The van der Waals surface area contributed by atoms with E-state index in [1.54, 1.807) is 23.2 Å². The molecule has 0 amide bonds. The van der Waals surface area contributed by atoms with Gasteiger partial charge in [0.15, 0.2) is 0 Å². The van der Waals surface area contributed by atoms with Crippen molar-refractivity contribution in [1.29, 1.82) is 0 Å². The number of ether oxygens (including phenoxy) is 1. The van der Waals surface area contributed by atoms with Gasteiger partial charge in [-0.05, 0) is 23.8 Å². The quantitative estimate of drug-likeness (QED) is 0.705. The zero-order valence-corrected chi connectivity index (χ0v) is 13.4. The minimum absolute atomic E-state index is 0.0342. The predicted octanol–water partition coefficient (Wildman–Crippen LogP) is 2.15. The number of anilines is 2. The molecule has 25 heavy (non-hydrogen) atoms. The molecule has 0 radical (unpaired) electrons. The highest BCUT2D eigenvalue weighted by molar-refractivity contribution is 5.62. The minimum Gasteiger partial charge on any atom is -0.438 e. The number of hydrogen-bond donors (Lipinski definition) is 2. The highest BCUT2D eigenvalue weighted by Crippen LogP contribution is 2.43. The van der Waals surface area contributed by atoms with Gasteiger partial charge in [0.25, 0.3) is 0 Å². The SMILES string of the molecule is Nc1cccc(Oc2ncnc3c2C(c2cccnc2)CN3CO)c1. The summed E-state index contributed by atoms with van der Waals surface area (Å²) in [6.45, 7) is 0.460. The Balaban J connectivity index is 1.78. The third kappa shape index (κ3) is 2.85. The molecule has 0 fully saturated rings. The fourth-order valence-electron chi connectivity index (χ4n) is 3.08. The second-order valence-corrected chi connectivity index (χ2v) is 5.79. The Morgan fingerprint density at radius 2 is 2.16 bits per heavy atom. The van der Waals surface area contributed by atoms with E-state index in [2.05, 4.69) is 15.0 Å². The summed E-state index contributed by atoms with van der Waals surface area (Å²) in [7, 11) is 0. The molecule has 1 aromatic carbocycles. The van der Waals surface area contributed by atoms with Gasteiger partial charge in [-0.25, -0.2) is 9.97 Å². The molecule has 0 aliphatic carbocycles. The van der Waals surface area contributed by atoms with Crippen LogP contribution in [0.3, 0.4) is 0 Å². The maximum Gasteiger partial charge on any atom is 0.228 e. The van der Waals surface area contributed by atoms with Gasteiger partial charge in [0.1, 0.15) is 24.6 Å². The van der Waals surface area contributed by atoms with Crippen molar-refractivity contribution >= 4 is 11.5 Å². The van der Waals surface area contributed by atoms with Gasteiger partial charge in [-0.1, -0.05) is 12.1 Å². The van der Waals surface area contributed by atoms with Gasteiger partial charge in [-0.2, -0.15) is 0 Å². The van der Waals surface area contributed by atoms with Crippen LogP contribution < -0.4 is 15.4 Å². The summed E-state index contributed by atoms with van der Waals surface area (Å²) in [6, 6.07) is 11.1. The van der Waals surface area contributed by atoms with Gasteiger partial charge in [-0.3, -0.25) is 4.98 Å². The third-order valence-electron chi connectivity index (χ3n) is 4.21. The van der Waals surface area contributed by atoms with Gasteiger partial charge >= 0.3 is 0 Å². The van der Waals surface area contributed by atoms with E-state index in [0.717, 1.165) is 11.1 Å². The first-order chi connectivity index (χ1) is 12.3. The Kier molecular flexibility index (Phi) is 3.91. The number of rotatable bonds is 4. The van der Waals surface area contributed by atoms with E-state index in [9.17, 15) is 5.11 Å². The average Bonchev–Trinajstić information content (AvgIpc) is 3.02. The number of fused-ring (bicyclic) bond motifs is 1. The molecular formula is C18H17N5O2. The highest BCUT2D eigenvalue weighted by Gasteiger charge is 2.35. The van der Waals surface area contributed by atoms with Crippen LogP contribution in [-0.2, 0) is 0 Å². The second kappa shape index (κ2) is 6.37. The Morgan fingerprint density at radius 1 is 1.24 bits per heavy atom. The van der Waals surface area contributed by atoms with E-state index in [1.807, 2.05) is 30.5 Å². The number of nitrogen functional groups attached to an aromatic ring is 1. The lowest BCUT2D eigenvalue weighted by Gasteiger charge is -2.14. The maximum atomic E-state index is 9.69. The van der Waals surface area contributed by atoms with Crippen molar-refractivity contribution in [1.82, 2.24) is 15.0 Å². The topological polar surface area (TPSA) is 97.4 Å². The summed E-state index contributed by atoms with van der Waals surface area (Å²) in [5.41, 5.74) is 8.30. The van der Waals surface area contributed by atoms with Crippen molar-refractivity contribution in [2.45, 2.75) is 5.92 Å². The van der Waals surface area contributed by atoms with E-state index in [0.29, 0.717) is 29.7 Å². The van der Waals surface area contributed by atoms with Gasteiger partial charge in [0.05, 0.1) is 5.56 Å². The van der Waals surface area contributed by atoms with Crippen LogP contribution >= 0.6 is 0 Å². The van der Waals surface area contributed by atoms with E-state index < -0.39 is 0 Å². The van der Waals surface area contributed by atoms with Crippen molar-refractivity contribution in [3.8, 4) is 11.6 Å². The van der Waals surface area contributed by atoms with Crippen molar-refractivity contribution in [2.75, 3.05) is 23.9 Å². The van der Waals surface area contributed by atoms with Gasteiger partial charge in [-0.15, -0.1) is 0 Å². The predicted molar refractivity (Wildman–Crippen MR) is 93.5 cm³/mol. The third-order valence-corrected chi connectivity index (χ3v) is 4.21. The molecule has 4 rings (SSSR count). The number of aliphatic hydroxyl groups excluding tert-OH is 1. The van der Waals surface area contributed by atoms with E-state index in [1.165, 1.54) is 6.33 Å². The first kappa shape index (κ1) is 15.3. The number of nitrogens with two attached hydrogens (primary N) is 1. The molecule has 2 aromatic heterocycles. The fourth-order valence-corrected chi connectivity index (χ4v) is 3.08. The first-order valence-corrected chi connectivity index (χ1v) is 7.90. The average molecular weight is 335 g/mol. The zero-order chi connectivity index (χ0) is 17.2. The van der Waals surface area contributed by atoms with Crippen LogP contribution in [-0.4, -0.2) is 33.3 Å². The summed E-state index contributed by atoms with van der Waals surface area (Å²) < 4.78 is 5.99. The molecule has 1 aliphatic rings. The molecule has 0 saturated heterocycles. The molecule has 7 heteroatoms. The highest BCUT2D eigenvalue weighted by atomic mass is 16.5. The molecule has 126 valence electrons. The molecular weight excluding hydrogens is 318 g/mol. The Hall–Kier alpha value is -3.19.